The molecule has 3 rings (SSSR count). The number of aromatic amines is 1. The summed E-state index contributed by atoms with van der Waals surface area (Å²) >= 11 is 5.89. The minimum atomic E-state index is -0.165. The number of hydrogen-bond acceptors (Lipinski definition) is 4. The average Bonchev–Trinajstić information content (AvgIpc) is 2.75. The molecule has 0 aliphatic rings. The number of H-pyrrole nitrogens is 1. The summed E-state index contributed by atoms with van der Waals surface area (Å²) in [5.74, 6) is 0.598. The number of fused-ring (bicyclic) bond motifs is 1. The molecule has 0 amide bonds. The van der Waals surface area contributed by atoms with Crippen LogP contribution in [0, 0.1) is 0 Å². The Bertz CT molecular complexity index is 727. The van der Waals surface area contributed by atoms with E-state index in [2.05, 4.69) is 20.2 Å². The molecule has 3 heterocycles. The van der Waals surface area contributed by atoms with E-state index < -0.39 is 0 Å². The quantitative estimate of drug-likeness (QED) is 0.699. The number of nitrogens with one attached hydrogen (secondary N) is 1. The van der Waals surface area contributed by atoms with Gasteiger partial charge < -0.3 is 4.98 Å². The lowest BCUT2D eigenvalue weighted by atomic mass is 10.3. The summed E-state index contributed by atoms with van der Waals surface area (Å²) in [5.41, 5.74) is 1.07. The average molecular weight is 248 g/mol. The Labute approximate surface area is 99.9 Å². The molecule has 3 aromatic rings. The lowest BCUT2D eigenvalue weighted by molar-refractivity contribution is 1.10. The first-order valence-corrected chi connectivity index (χ1v) is 5.18. The molecule has 0 saturated carbocycles. The molecule has 0 spiro atoms. The first-order chi connectivity index (χ1) is 8.25. The highest BCUT2D eigenvalue weighted by Gasteiger charge is 2.10. The molecule has 0 atom stereocenters. The van der Waals surface area contributed by atoms with Crippen LogP contribution in [0.2, 0.25) is 5.15 Å². The molecule has 3 aromatic heterocycles. The van der Waals surface area contributed by atoms with Gasteiger partial charge in [-0.15, -0.1) is 10.2 Å². The monoisotopic (exact) mass is 247 g/mol. The molecule has 0 aliphatic heterocycles. The van der Waals surface area contributed by atoms with Crippen molar-refractivity contribution >= 4 is 17.2 Å². The van der Waals surface area contributed by atoms with Crippen molar-refractivity contribution in [2.24, 2.45) is 0 Å². The summed E-state index contributed by atoms with van der Waals surface area (Å²) in [6.45, 7) is 0. The van der Waals surface area contributed by atoms with E-state index in [0.29, 0.717) is 11.5 Å². The Morgan fingerprint density at radius 2 is 2.18 bits per heavy atom. The van der Waals surface area contributed by atoms with E-state index in [1.165, 1.54) is 6.07 Å². The van der Waals surface area contributed by atoms with Crippen LogP contribution in [-0.4, -0.2) is 24.6 Å². The van der Waals surface area contributed by atoms with Crippen LogP contribution in [0.1, 0.15) is 0 Å². The zero-order valence-electron chi connectivity index (χ0n) is 8.46. The van der Waals surface area contributed by atoms with Gasteiger partial charge in [0.25, 0.3) is 0 Å². The predicted molar refractivity (Wildman–Crippen MR) is 61.8 cm³/mol. The summed E-state index contributed by atoms with van der Waals surface area (Å²) in [6.07, 6.45) is 4.85. The number of hydrogen-bond donors (Lipinski definition) is 1. The lowest BCUT2D eigenvalue weighted by Gasteiger charge is -1.98. The van der Waals surface area contributed by atoms with Crippen molar-refractivity contribution in [3.8, 4) is 11.4 Å². The zero-order chi connectivity index (χ0) is 11.8. The Hall–Kier alpha value is -2.21. The summed E-state index contributed by atoms with van der Waals surface area (Å²) in [6, 6.07) is 3.10. The number of aromatic nitrogens is 5. The Kier molecular flexibility index (Phi) is 2.15. The van der Waals surface area contributed by atoms with Gasteiger partial charge in [0.05, 0.1) is 0 Å². The van der Waals surface area contributed by atoms with Crippen molar-refractivity contribution in [2.75, 3.05) is 0 Å². The molecule has 84 valence electrons. The fourth-order valence-electron chi connectivity index (χ4n) is 1.54. The van der Waals surface area contributed by atoms with Crippen molar-refractivity contribution in [1.82, 2.24) is 24.6 Å². The summed E-state index contributed by atoms with van der Waals surface area (Å²) in [5, 5.41) is 8.25. The van der Waals surface area contributed by atoms with Crippen LogP contribution in [0.5, 0.6) is 0 Å². The highest BCUT2D eigenvalue weighted by Crippen LogP contribution is 2.19. The number of nitrogens with zero attached hydrogens (tertiary/aromatic N) is 4. The third-order valence-electron chi connectivity index (χ3n) is 2.33. The van der Waals surface area contributed by atoms with Gasteiger partial charge in [0, 0.05) is 30.2 Å². The SMILES string of the molecule is O=c1ccc(-c2nnc3c(Cl)nccn23)c[nH]1. The molecule has 0 fully saturated rings. The molecule has 0 aliphatic carbocycles. The van der Waals surface area contributed by atoms with Crippen molar-refractivity contribution in [3.05, 3.63) is 46.2 Å². The summed E-state index contributed by atoms with van der Waals surface area (Å²) in [7, 11) is 0. The molecule has 0 unspecified atom stereocenters. The van der Waals surface area contributed by atoms with Crippen LogP contribution >= 0.6 is 11.6 Å². The lowest BCUT2D eigenvalue weighted by Crippen LogP contribution is -2.02. The van der Waals surface area contributed by atoms with E-state index in [-0.39, 0.29) is 10.7 Å². The van der Waals surface area contributed by atoms with E-state index in [1.54, 1.807) is 29.1 Å². The van der Waals surface area contributed by atoms with E-state index in [0.717, 1.165) is 5.56 Å². The Morgan fingerprint density at radius 3 is 2.94 bits per heavy atom. The van der Waals surface area contributed by atoms with Crippen molar-refractivity contribution < 1.29 is 0 Å². The topological polar surface area (TPSA) is 75.9 Å². The van der Waals surface area contributed by atoms with Gasteiger partial charge in [-0.25, -0.2) is 4.98 Å². The second-order valence-corrected chi connectivity index (χ2v) is 3.73. The standard InChI is InChI=1S/C10H6ClN5O/c11-8-10-15-14-9(16(10)4-3-12-8)6-1-2-7(17)13-5-6/h1-5H,(H,13,17). The molecule has 0 aromatic carbocycles. The Morgan fingerprint density at radius 1 is 1.29 bits per heavy atom. The number of pyridine rings is 1. The maximum Gasteiger partial charge on any atom is 0.247 e. The van der Waals surface area contributed by atoms with Gasteiger partial charge >= 0.3 is 0 Å². The van der Waals surface area contributed by atoms with Gasteiger partial charge in [0.1, 0.15) is 0 Å². The van der Waals surface area contributed by atoms with Crippen LogP contribution in [-0.2, 0) is 0 Å². The van der Waals surface area contributed by atoms with E-state index in [1.807, 2.05) is 0 Å². The highest BCUT2D eigenvalue weighted by atomic mass is 35.5. The molecule has 17 heavy (non-hydrogen) atoms. The van der Waals surface area contributed by atoms with Crippen LogP contribution in [0.3, 0.4) is 0 Å². The third kappa shape index (κ3) is 1.58. The van der Waals surface area contributed by atoms with Crippen LogP contribution in [0.25, 0.3) is 17.0 Å². The fourth-order valence-corrected chi connectivity index (χ4v) is 1.73. The normalized spacial score (nSPS) is 10.9. The molecule has 0 radical (unpaired) electrons. The maximum atomic E-state index is 11.0. The van der Waals surface area contributed by atoms with Gasteiger partial charge in [0.15, 0.2) is 16.6 Å². The molecule has 0 saturated heterocycles. The third-order valence-corrected chi connectivity index (χ3v) is 2.59. The molecule has 6 nitrogen and oxygen atoms in total. The molecular weight excluding hydrogens is 242 g/mol. The smallest absolute Gasteiger partial charge is 0.247 e. The second-order valence-electron chi connectivity index (χ2n) is 3.38. The van der Waals surface area contributed by atoms with E-state index in [4.69, 9.17) is 11.6 Å². The number of rotatable bonds is 1. The minimum absolute atomic E-state index is 0.165. The van der Waals surface area contributed by atoms with E-state index >= 15 is 0 Å². The number of halogens is 1. The summed E-state index contributed by atoms with van der Waals surface area (Å²) in [4.78, 5) is 17.5. The molecule has 7 heteroatoms. The largest absolute Gasteiger partial charge is 0.328 e. The fraction of sp³-hybridized carbons (Fsp3) is 0. The minimum Gasteiger partial charge on any atom is -0.328 e. The first-order valence-electron chi connectivity index (χ1n) is 4.80. The summed E-state index contributed by atoms with van der Waals surface area (Å²) < 4.78 is 1.71. The van der Waals surface area contributed by atoms with Crippen molar-refractivity contribution in [2.45, 2.75) is 0 Å². The van der Waals surface area contributed by atoms with Crippen LogP contribution in [0.4, 0.5) is 0 Å². The van der Waals surface area contributed by atoms with Gasteiger partial charge in [-0.05, 0) is 6.07 Å². The van der Waals surface area contributed by atoms with Crippen molar-refractivity contribution in [3.63, 3.8) is 0 Å². The zero-order valence-corrected chi connectivity index (χ0v) is 9.22. The van der Waals surface area contributed by atoms with E-state index in [9.17, 15) is 4.79 Å². The molecular formula is C10H6ClN5O. The predicted octanol–water partition coefficient (Wildman–Crippen LogP) is 1.13. The second kappa shape index (κ2) is 3.67. The van der Waals surface area contributed by atoms with Crippen LogP contribution in [0.15, 0.2) is 35.5 Å². The molecule has 1 N–H and O–H groups in total. The van der Waals surface area contributed by atoms with Gasteiger partial charge in [0.2, 0.25) is 5.56 Å². The van der Waals surface area contributed by atoms with Crippen LogP contribution < -0.4 is 5.56 Å². The van der Waals surface area contributed by atoms with Gasteiger partial charge in [-0.1, -0.05) is 11.6 Å². The van der Waals surface area contributed by atoms with Crippen molar-refractivity contribution in [1.29, 1.82) is 0 Å². The maximum absolute atomic E-state index is 11.0. The molecule has 0 bridgehead atoms. The highest BCUT2D eigenvalue weighted by molar-refractivity contribution is 6.32. The Balaban J connectivity index is 2.28. The van der Waals surface area contributed by atoms with Gasteiger partial charge in [-0.2, -0.15) is 0 Å². The first kappa shape index (κ1) is 9.98. The van der Waals surface area contributed by atoms with Gasteiger partial charge in [-0.3, -0.25) is 9.20 Å².